The van der Waals surface area contributed by atoms with E-state index in [1.165, 1.54) is 0 Å². The molecule has 0 amide bonds. The summed E-state index contributed by atoms with van der Waals surface area (Å²) in [5, 5.41) is 19.1. The largest absolute Gasteiger partial charge is 0.493 e. The summed E-state index contributed by atoms with van der Waals surface area (Å²) in [5.41, 5.74) is 7.18. The van der Waals surface area contributed by atoms with Gasteiger partial charge in [-0.05, 0) is 66.8 Å². The minimum atomic E-state index is -0.172. The van der Waals surface area contributed by atoms with Crippen molar-refractivity contribution in [2.24, 2.45) is 0 Å². The van der Waals surface area contributed by atoms with E-state index in [9.17, 15) is 5.11 Å². The maximum atomic E-state index is 10.3. The lowest BCUT2D eigenvalue weighted by Gasteiger charge is -2.25. The van der Waals surface area contributed by atoms with E-state index in [-0.39, 0.29) is 11.8 Å². The standard InChI is InChI=1S/C26H20N2O3S2/c1-19(31-30)27-25(29)24(33-26(27)32)14-8-9-20-15-17-23(18-16-20)28(21-10-4-2-5-11-21)22-12-6-3-7-13-22/h2-7,9-18,29-30H,1H2. The number of thiazole rings is 1. The third-order valence-corrected chi connectivity index (χ3v) is 6.12. The first kappa shape index (κ1) is 22.3. The van der Waals surface area contributed by atoms with Gasteiger partial charge >= 0.3 is 0 Å². The third kappa shape index (κ3) is 4.98. The van der Waals surface area contributed by atoms with Gasteiger partial charge in [-0.25, -0.2) is 9.82 Å². The summed E-state index contributed by atoms with van der Waals surface area (Å²) in [6.07, 6.45) is 3.42. The van der Waals surface area contributed by atoms with Gasteiger partial charge in [0.2, 0.25) is 11.8 Å². The fraction of sp³-hybridized carbons (Fsp3) is 0. The van der Waals surface area contributed by atoms with Gasteiger partial charge in [0.05, 0.1) is 4.88 Å². The Hall–Kier alpha value is -3.87. The van der Waals surface area contributed by atoms with E-state index < -0.39 is 0 Å². The summed E-state index contributed by atoms with van der Waals surface area (Å²) in [7, 11) is 0. The zero-order chi connectivity index (χ0) is 23.2. The predicted molar refractivity (Wildman–Crippen MR) is 137 cm³/mol. The molecule has 0 unspecified atom stereocenters. The molecule has 0 aliphatic carbocycles. The molecular formula is C26H20N2O3S2. The van der Waals surface area contributed by atoms with Crippen molar-refractivity contribution in [3.63, 3.8) is 0 Å². The van der Waals surface area contributed by atoms with Gasteiger partial charge in [-0.15, -0.1) is 17.1 Å². The third-order valence-electron chi connectivity index (χ3n) is 4.81. The van der Waals surface area contributed by atoms with Gasteiger partial charge in [-0.2, -0.15) is 0 Å². The van der Waals surface area contributed by atoms with Crippen LogP contribution in [0, 0.1) is 3.95 Å². The lowest BCUT2D eigenvalue weighted by Crippen LogP contribution is -2.09. The fourth-order valence-electron chi connectivity index (χ4n) is 3.27. The number of hydrogen-bond donors (Lipinski definition) is 2. The first-order valence-corrected chi connectivity index (χ1v) is 11.2. The van der Waals surface area contributed by atoms with Crippen LogP contribution in [0.1, 0.15) is 10.4 Å². The van der Waals surface area contributed by atoms with Gasteiger partial charge in [0.15, 0.2) is 3.95 Å². The molecule has 4 aromatic rings. The average molecular weight is 473 g/mol. The van der Waals surface area contributed by atoms with Gasteiger partial charge in [-0.3, -0.25) is 0 Å². The molecule has 1 aromatic heterocycles. The van der Waals surface area contributed by atoms with E-state index in [4.69, 9.17) is 17.5 Å². The number of aromatic nitrogens is 1. The van der Waals surface area contributed by atoms with Crippen molar-refractivity contribution in [3.8, 4) is 5.88 Å². The van der Waals surface area contributed by atoms with Gasteiger partial charge in [0.25, 0.3) is 0 Å². The lowest BCUT2D eigenvalue weighted by molar-refractivity contribution is -0.176. The maximum absolute atomic E-state index is 10.3. The lowest BCUT2D eigenvalue weighted by atomic mass is 10.1. The second-order valence-corrected chi connectivity index (χ2v) is 8.61. The molecule has 164 valence electrons. The second-order valence-electron chi connectivity index (χ2n) is 6.93. The van der Waals surface area contributed by atoms with Crippen LogP contribution in [0.5, 0.6) is 5.88 Å². The van der Waals surface area contributed by atoms with E-state index in [0.29, 0.717) is 8.83 Å². The Morgan fingerprint density at radius 1 is 0.909 bits per heavy atom. The van der Waals surface area contributed by atoms with Crippen LogP contribution in [0.2, 0.25) is 0 Å². The van der Waals surface area contributed by atoms with Gasteiger partial charge in [0, 0.05) is 23.1 Å². The molecule has 0 radical (unpaired) electrons. The first-order valence-electron chi connectivity index (χ1n) is 9.97. The van der Waals surface area contributed by atoms with Crippen molar-refractivity contribution in [2.45, 2.75) is 0 Å². The van der Waals surface area contributed by atoms with Gasteiger partial charge in [-0.1, -0.05) is 48.5 Å². The summed E-state index contributed by atoms with van der Waals surface area (Å²) >= 11 is 6.33. The Bertz CT molecular complexity index is 1330. The summed E-state index contributed by atoms with van der Waals surface area (Å²) < 4.78 is 1.44. The van der Waals surface area contributed by atoms with E-state index in [2.05, 4.69) is 46.4 Å². The van der Waals surface area contributed by atoms with Crippen molar-refractivity contribution < 1.29 is 15.3 Å². The molecule has 0 fully saturated rings. The Kier molecular flexibility index (Phi) is 6.88. The summed E-state index contributed by atoms with van der Waals surface area (Å²) in [5.74, 6) is -0.337. The van der Waals surface area contributed by atoms with Crippen LogP contribution >= 0.6 is 23.6 Å². The number of aromatic hydroxyl groups is 1. The van der Waals surface area contributed by atoms with E-state index in [0.717, 1.165) is 38.5 Å². The molecule has 7 heteroatoms. The molecule has 3 aromatic carbocycles. The molecule has 5 nitrogen and oxygen atoms in total. The van der Waals surface area contributed by atoms with Crippen molar-refractivity contribution in [2.75, 3.05) is 4.90 Å². The zero-order valence-electron chi connectivity index (χ0n) is 17.5. The highest BCUT2D eigenvalue weighted by atomic mass is 32.1. The molecule has 0 atom stereocenters. The number of nitrogens with zero attached hydrogens (tertiary/aromatic N) is 2. The first-order chi connectivity index (χ1) is 16.1. The number of benzene rings is 3. The number of anilines is 3. The van der Waals surface area contributed by atoms with Crippen molar-refractivity contribution in [1.82, 2.24) is 4.57 Å². The number of para-hydroxylation sites is 2. The van der Waals surface area contributed by atoms with Gasteiger partial charge < -0.3 is 14.9 Å². The zero-order valence-corrected chi connectivity index (χ0v) is 19.1. The minimum absolute atomic E-state index is 0.165. The van der Waals surface area contributed by atoms with Crippen LogP contribution in [0.15, 0.2) is 97.2 Å². The molecular weight excluding hydrogens is 452 g/mol. The molecule has 4 rings (SSSR count). The molecule has 2 N–H and O–H groups in total. The van der Waals surface area contributed by atoms with Crippen LogP contribution in [0.4, 0.5) is 17.1 Å². The van der Waals surface area contributed by atoms with E-state index in [1.807, 2.05) is 66.7 Å². The molecule has 33 heavy (non-hydrogen) atoms. The molecule has 0 aliphatic rings. The van der Waals surface area contributed by atoms with Crippen LogP contribution in [-0.2, 0) is 4.89 Å². The summed E-state index contributed by atoms with van der Waals surface area (Å²) in [4.78, 5) is 6.75. The van der Waals surface area contributed by atoms with Gasteiger partial charge in [0.1, 0.15) is 0 Å². The van der Waals surface area contributed by atoms with Crippen molar-refractivity contribution >= 4 is 58.7 Å². The molecule has 0 saturated heterocycles. The minimum Gasteiger partial charge on any atom is -0.493 e. The molecule has 1 heterocycles. The Balaban J connectivity index is 1.61. The highest BCUT2D eigenvalue weighted by Crippen LogP contribution is 2.34. The molecule has 0 spiro atoms. The average Bonchev–Trinajstić information content (AvgIpc) is 3.14. The second kappa shape index (κ2) is 10.2. The number of hydrogen-bond acceptors (Lipinski definition) is 6. The Morgan fingerprint density at radius 3 is 2.00 bits per heavy atom. The molecule has 0 saturated carbocycles. The van der Waals surface area contributed by atoms with Crippen LogP contribution < -0.4 is 4.90 Å². The van der Waals surface area contributed by atoms with E-state index >= 15 is 0 Å². The van der Waals surface area contributed by atoms with Crippen molar-refractivity contribution in [1.29, 1.82) is 0 Å². The van der Waals surface area contributed by atoms with Crippen LogP contribution in [0.3, 0.4) is 0 Å². The fourth-order valence-corrected chi connectivity index (χ4v) is 4.51. The SMILES string of the molecule is C=C(OO)n1c(O)c(C=C=Cc2ccc(N(c3ccccc3)c3ccccc3)cc2)sc1=S. The Labute approximate surface area is 200 Å². The molecule has 0 bridgehead atoms. The Morgan fingerprint density at radius 2 is 1.45 bits per heavy atom. The highest BCUT2D eigenvalue weighted by molar-refractivity contribution is 7.73. The maximum Gasteiger partial charge on any atom is 0.238 e. The van der Waals surface area contributed by atoms with E-state index in [1.54, 1.807) is 6.08 Å². The predicted octanol–water partition coefficient (Wildman–Crippen LogP) is 7.70. The molecule has 0 aliphatic heterocycles. The highest BCUT2D eigenvalue weighted by Gasteiger charge is 2.13. The quantitative estimate of drug-likeness (QED) is 0.0949. The number of rotatable bonds is 7. The van der Waals surface area contributed by atoms with Crippen molar-refractivity contribution in [3.05, 3.63) is 112 Å². The summed E-state index contributed by atoms with van der Waals surface area (Å²) in [6.45, 7) is 3.50. The monoisotopic (exact) mass is 472 g/mol. The van der Waals surface area contributed by atoms with Crippen LogP contribution in [-0.4, -0.2) is 14.9 Å². The normalized spacial score (nSPS) is 10.2. The smallest absolute Gasteiger partial charge is 0.238 e. The topological polar surface area (TPSA) is 57.9 Å². The summed E-state index contributed by atoms with van der Waals surface area (Å²) in [6, 6.07) is 28.5. The van der Waals surface area contributed by atoms with Crippen LogP contribution in [0.25, 0.3) is 18.0 Å².